The zero-order valence-electron chi connectivity index (χ0n) is 42.7. The van der Waals surface area contributed by atoms with Crippen LogP contribution >= 0.6 is 0 Å². The van der Waals surface area contributed by atoms with E-state index in [1.807, 2.05) is 6.08 Å². The number of esters is 3. The van der Waals surface area contributed by atoms with Gasteiger partial charge in [0, 0.05) is 19.3 Å². The molecule has 6 nitrogen and oxygen atoms in total. The quantitative estimate of drug-likeness (QED) is 0.0199. The van der Waals surface area contributed by atoms with Gasteiger partial charge in [-0.2, -0.15) is 0 Å². The smallest absolute Gasteiger partial charge is 0.306 e. The number of allylic oxidation sites excluding steroid dienone is 18. The lowest BCUT2D eigenvalue weighted by atomic mass is 10.1. The van der Waals surface area contributed by atoms with Gasteiger partial charge in [0.15, 0.2) is 6.10 Å². The summed E-state index contributed by atoms with van der Waals surface area (Å²) in [4.78, 5) is 38.0. The summed E-state index contributed by atoms with van der Waals surface area (Å²) in [6.45, 7) is 6.40. The van der Waals surface area contributed by atoms with Gasteiger partial charge in [-0.25, -0.2) is 0 Å². The van der Waals surface area contributed by atoms with Crippen LogP contribution in [0.25, 0.3) is 0 Å². The molecule has 1 atom stereocenters. The molecule has 1 unspecified atom stereocenters. The lowest BCUT2D eigenvalue weighted by molar-refractivity contribution is -0.166. The monoisotopic (exact) mass is 915 g/mol. The average Bonchev–Trinajstić information content (AvgIpc) is 3.31. The highest BCUT2D eigenvalue weighted by Gasteiger charge is 2.19. The van der Waals surface area contributed by atoms with E-state index in [0.29, 0.717) is 19.3 Å². The van der Waals surface area contributed by atoms with Crippen LogP contribution in [0.3, 0.4) is 0 Å². The van der Waals surface area contributed by atoms with Crippen molar-refractivity contribution >= 4 is 17.9 Å². The SMILES string of the molecule is CC/C=C/C/C=C/C/C=C/C/C=C/C/C=C/CCCCCC(=O)OCC(COC(=O)CC/C=C/C/C=C/CCCCCCCC)OC(=O)CCCCC/C=C/C=C/CCCCCCCCC. The Morgan fingerprint density at radius 1 is 0.333 bits per heavy atom. The predicted octanol–water partition coefficient (Wildman–Crippen LogP) is 17.9. The summed E-state index contributed by atoms with van der Waals surface area (Å²) in [7, 11) is 0. The maximum atomic E-state index is 12.8. The van der Waals surface area contributed by atoms with Crippen LogP contribution in [-0.4, -0.2) is 37.2 Å². The molecule has 0 aliphatic heterocycles. The Morgan fingerprint density at radius 3 is 1.11 bits per heavy atom. The summed E-state index contributed by atoms with van der Waals surface area (Å²) >= 11 is 0. The molecule has 0 spiro atoms. The highest BCUT2D eigenvalue weighted by atomic mass is 16.6. The fourth-order valence-corrected chi connectivity index (χ4v) is 6.98. The molecule has 0 N–H and O–H groups in total. The number of unbranched alkanes of at least 4 members (excludes halogenated alkanes) is 19. The molecule has 0 aromatic carbocycles. The normalized spacial score (nSPS) is 13.0. The average molecular weight is 915 g/mol. The van der Waals surface area contributed by atoms with E-state index in [1.54, 1.807) is 0 Å². The van der Waals surface area contributed by atoms with Crippen LogP contribution in [0.1, 0.15) is 233 Å². The number of hydrogen-bond donors (Lipinski definition) is 0. The van der Waals surface area contributed by atoms with Crippen LogP contribution in [-0.2, 0) is 28.6 Å². The number of hydrogen-bond acceptors (Lipinski definition) is 6. The molecule has 0 bridgehead atoms. The molecule has 0 saturated heterocycles. The molecule has 0 aromatic rings. The molecule has 374 valence electrons. The van der Waals surface area contributed by atoms with Gasteiger partial charge in [-0.15, -0.1) is 0 Å². The fraction of sp³-hybridized carbons (Fsp3) is 0.650. The molecular formula is C60H98O6. The second-order valence-corrected chi connectivity index (χ2v) is 17.4. The standard InChI is InChI=1S/C60H98O6/c1-4-7-10-13-16-19-22-25-27-29-30-31-33-35-38-41-44-47-50-53-59(62)65-56-57(55-64-58(61)52-49-46-43-40-37-34-24-21-18-15-12-9-6-3)66-60(63)54-51-48-45-42-39-36-32-28-26-23-20-17-14-11-8-5-2/h7,10,16,19,25,27-28,30-32,34-39,43,46,57H,4-6,8-9,11-15,17-18,20-24,26,29,33,40-42,44-45,47-56H2,1-3H3/b10-7+,19-16+,27-25+,31-30+,32-28+,37-34+,38-35+,39-36+,46-43+. The minimum Gasteiger partial charge on any atom is -0.462 e. The number of carbonyl (C=O) groups is 3. The summed E-state index contributed by atoms with van der Waals surface area (Å²) in [5.74, 6) is -1.05. The van der Waals surface area contributed by atoms with Crippen LogP contribution in [0.2, 0.25) is 0 Å². The molecule has 6 heteroatoms. The van der Waals surface area contributed by atoms with Crippen LogP contribution in [0.15, 0.2) is 109 Å². The Kier molecular flexibility index (Phi) is 50.5. The van der Waals surface area contributed by atoms with Gasteiger partial charge in [0.05, 0.1) is 0 Å². The van der Waals surface area contributed by atoms with E-state index in [9.17, 15) is 14.4 Å². The van der Waals surface area contributed by atoms with E-state index >= 15 is 0 Å². The molecule has 0 radical (unpaired) electrons. The highest BCUT2D eigenvalue weighted by molar-refractivity contribution is 5.71. The molecular weight excluding hydrogens is 817 g/mol. The second-order valence-electron chi connectivity index (χ2n) is 17.4. The maximum Gasteiger partial charge on any atom is 0.306 e. The minimum absolute atomic E-state index is 0.125. The summed E-state index contributed by atoms with van der Waals surface area (Å²) in [6.07, 6.45) is 72.3. The molecule has 66 heavy (non-hydrogen) atoms. The summed E-state index contributed by atoms with van der Waals surface area (Å²) < 4.78 is 16.7. The van der Waals surface area contributed by atoms with Gasteiger partial charge >= 0.3 is 17.9 Å². The number of rotatable bonds is 47. The zero-order chi connectivity index (χ0) is 47.9. The Balaban J connectivity index is 4.55. The molecule has 0 saturated carbocycles. The first-order valence-corrected chi connectivity index (χ1v) is 26.9. The van der Waals surface area contributed by atoms with Crippen molar-refractivity contribution in [3.8, 4) is 0 Å². The van der Waals surface area contributed by atoms with Crippen molar-refractivity contribution in [2.75, 3.05) is 13.2 Å². The van der Waals surface area contributed by atoms with E-state index in [0.717, 1.165) is 96.3 Å². The van der Waals surface area contributed by atoms with Gasteiger partial charge in [0.2, 0.25) is 0 Å². The fourth-order valence-electron chi connectivity index (χ4n) is 6.98. The predicted molar refractivity (Wildman–Crippen MR) is 283 cm³/mol. The summed E-state index contributed by atoms with van der Waals surface area (Å²) in [5, 5.41) is 0. The Morgan fingerprint density at radius 2 is 0.667 bits per heavy atom. The third-order valence-electron chi connectivity index (χ3n) is 11.0. The van der Waals surface area contributed by atoms with Crippen molar-refractivity contribution in [2.45, 2.75) is 239 Å². The van der Waals surface area contributed by atoms with E-state index in [-0.39, 0.29) is 44.0 Å². The van der Waals surface area contributed by atoms with Crippen molar-refractivity contribution in [1.29, 1.82) is 0 Å². The van der Waals surface area contributed by atoms with Crippen molar-refractivity contribution in [3.63, 3.8) is 0 Å². The first-order chi connectivity index (χ1) is 32.5. The summed E-state index contributed by atoms with van der Waals surface area (Å²) in [6, 6.07) is 0. The Labute approximate surface area is 406 Å². The lowest BCUT2D eigenvalue weighted by Crippen LogP contribution is -2.30. The first kappa shape index (κ1) is 62.1. The molecule has 0 heterocycles. The van der Waals surface area contributed by atoms with E-state index in [4.69, 9.17) is 14.2 Å². The topological polar surface area (TPSA) is 78.9 Å². The van der Waals surface area contributed by atoms with Crippen LogP contribution in [0.4, 0.5) is 0 Å². The van der Waals surface area contributed by atoms with Gasteiger partial charge in [-0.05, 0) is 109 Å². The first-order valence-electron chi connectivity index (χ1n) is 26.9. The second kappa shape index (κ2) is 53.7. The van der Waals surface area contributed by atoms with Crippen molar-refractivity contribution in [1.82, 2.24) is 0 Å². The largest absolute Gasteiger partial charge is 0.462 e. The number of ether oxygens (including phenoxy) is 3. The van der Waals surface area contributed by atoms with Gasteiger partial charge in [-0.3, -0.25) is 14.4 Å². The summed E-state index contributed by atoms with van der Waals surface area (Å²) in [5.41, 5.74) is 0. The van der Waals surface area contributed by atoms with Gasteiger partial charge in [-0.1, -0.05) is 214 Å². The zero-order valence-corrected chi connectivity index (χ0v) is 42.7. The maximum absolute atomic E-state index is 12.8. The van der Waals surface area contributed by atoms with Gasteiger partial charge in [0.25, 0.3) is 0 Å². The highest BCUT2D eigenvalue weighted by Crippen LogP contribution is 2.12. The van der Waals surface area contributed by atoms with Crippen molar-refractivity contribution in [3.05, 3.63) is 109 Å². The Hall–Kier alpha value is -3.93. The van der Waals surface area contributed by atoms with E-state index < -0.39 is 6.10 Å². The minimum atomic E-state index is -0.830. The van der Waals surface area contributed by atoms with Gasteiger partial charge < -0.3 is 14.2 Å². The molecule has 0 aliphatic carbocycles. The lowest BCUT2D eigenvalue weighted by Gasteiger charge is -2.18. The third-order valence-corrected chi connectivity index (χ3v) is 11.0. The molecule has 0 amide bonds. The van der Waals surface area contributed by atoms with E-state index in [2.05, 4.69) is 124 Å². The molecule has 0 aliphatic rings. The van der Waals surface area contributed by atoms with E-state index in [1.165, 1.54) is 83.5 Å². The molecule has 0 fully saturated rings. The van der Waals surface area contributed by atoms with Crippen LogP contribution in [0.5, 0.6) is 0 Å². The van der Waals surface area contributed by atoms with Gasteiger partial charge in [0.1, 0.15) is 13.2 Å². The van der Waals surface area contributed by atoms with Crippen molar-refractivity contribution < 1.29 is 28.6 Å². The molecule has 0 aromatic heterocycles. The Bertz CT molecular complexity index is 1370. The van der Waals surface area contributed by atoms with Crippen LogP contribution < -0.4 is 0 Å². The van der Waals surface area contributed by atoms with Crippen LogP contribution in [0, 0.1) is 0 Å². The van der Waals surface area contributed by atoms with Crippen molar-refractivity contribution in [2.24, 2.45) is 0 Å². The third kappa shape index (κ3) is 51.1. The molecule has 0 rings (SSSR count). The number of carbonyl (C=O) groups excluding carboxylic acids is 3.